The van der Waals surface area contributed by atoms with Gasteiger partial charge in [0.15, 0.2) is 0 Å². The second-order valence-corrected chi connectivity index (χ2v) is 10.9. The monoisotopic (exact) mass is 496 g/mol. The molecule has 0 saturated heterocycles. The fourth-order valence-corrected chi connectivity index (χ4v) is 6.33. The Morgan fingerprint density at radius 2 is 1.82 bits per heavy atom. The van der Waals surface area contributed by atoms with Gasteiger partial charge in [0.25, 0.3) is 5.56 Å². The summed E-state index contributed by atoms with van der Waals surface area (Å²) in [4.78, 5) is 28.8. The highest BCUT2D eigenvalue weighted by atomic mass is 32.2. The van der Waals surface area contributed by atoms with E-state index in [1.54, 1.807) is 18.2 Å². The third-order valence-corrected chi connectivity index (χ3v) is 8.25. The molecular formula is C25H24N2O5S2. The first-order valence-corrected chi connectivity index (χ1v) is 12.9. The molecule has 2 aromatic carbocycles. The maximum Gasteiger partial charge on any atom is 0.339 e. The van der Waals surface area contributed by atoms with Crippen LogP contribution in [0.4, 0.5) is 0 Å². The molecule has 0 fully saturated rings. The van der Waals surface area contributed by atoms with E-state index in [1.807, 2.05) is 43.5 Å². The molecule has 176 valence electrons. The van der Waals surface area contributed by atoms with Gasteiger partial charge in [-0.2, -0.15) is 4.31 Å². The van der Waals surface area contributed by atoms with Crippen molar-refractivity contribution in [3.63, 3.8) is 0 Å². The fraction of sp³-hybridized carbons (Fsp3) is 0.200. The molecular weight excluding hydrogens is 472 g/mol. The number of nitrogens with one attached hydrogen (secondary N) is 1. The van der Waals surface area contributed by atoms with Gasteiger partial charge in [-0.25, -0.2) is 13.2 Å². The number of rotatable bonds is 7. The minimum Gasteiger partial charge on any atom is -0.465 e. The Labute approximate surface area is 201 Å². The van der Waals surface area contributed by atoms with Crippen molar-refractivity contribution >= 4 is 38.2 Å². The number of benzene rings is 2. The lowest BCUT2D eigenvalue weighted by Crippen LogP contribution is -2.33. The molecule has 0 aliphatic heterocycles. The minimum absolute atomic E-state index is 0.0554. The first-order valence-electron chi connectivity index (χ1n) is 10.5. The van der Waals surface area contributed by atoms with E-state index in [0.717, 1.165) is 26.9 Å². The smallest absolute Gasteiger partial charge is 0.339 e. The van der Waals surface area contributed by atoms with Gasteiger partial charge < -0.3 is 9.72 Å². The van der Waals surface area contributed by atoms with E-state index in [-0.39, 0.29) is 29.1 Å². The van der Waals surface area contributed by atoms with Crippen molar-refractivity contribution in [2.75, 3.05) is 7.11 Å². The molecule has 1 N–H and O–H groups in total. The zero-order chi connectivity index (χ0) is 24.5. The molecule has 9 heteroatoms. The van der Waals surface area contributed by atoms with E-state index in [0.29, 0.717) is 5.56 Å². The Kier molecular flexibility index (Phi) is 6.70. The average Bonchev–Trinajstić information content (AvgIpc) is 3.32. The quantitative estimate of drug-likeness (QED) is 0.383. The van der Waals surface area contributed by atoms with Crippen molar-refractivity contribution in [3.8, 4) is 0 Å². The highest BCUT2D eigenvalue weighted by Crippen LogP contribution is 2.26. The standard InChI is InChI=1S/C25H24N2O5S2/c1-16-11-17(2)23-18(12-16)13-19(24(28)26-23)14-27(15-20-7-6-10-33-20)34(30,31)22-9-5-4-8-21(22)25(29)32-3/h4-13H,14-15H2,1-3H3,(H,26,28). The number of ether oxygens (including phenoxy) is 1. The summed E-state index contributed by atoms with van der Waals surface area (Å²) in [5, 5.41) is 2.69. The number of hydrogen-bond acceptors (Lipinski definition) is 6. The highest BCUT2D eigenvalue weighted by Gasteiger charge is 2.30. The summed E-state index contributed by atoms with van der Waals surface area (Å²) in [7, 11) is -2.96. The van der Waals surface area contributed by atoms with Crippen LogP contribution in [0.2, 0.25) is 0 Å². The Morgan fingerprint density at radius 1 is 1.06 bits per heavy atom. The van der Waals surface area contributed by atoms with E-state index in [2.05, 4.69) is 4.98 Å². The summed E-state index contributed by atoms with van der Waals surface area (Å²) >= 11 is 1.42. The number of thiophene rings is 1. The van der Waals surface area contributed by atoms with Gasteiger partial charge in [0.05, 0.1) is 23.1 Å². The normalized spacial score (nSPS) is 11.8. The van der Waals surface area contributed by atoms with Crippen molar-refractivity contribution in [1.82, 2.24) is 9.29 Å². The molecule has 2 heterocycles. The van der Waals surface area contributed by atoms with Crippen molar-refractivity contribution in [3.05, 3.63) is 97.5 Å². The molecule has 0 amide bonds. The number of aryl methyl sites for hydroxylation is 2. The minimum atomic E-state index is -4.16. The Hall–Kier alpha value is -3.27. The van der Waals surface area contributed by atoms with E-state index in [9.17, 15) is 18.0 Å². The molecule has 0 aliphatic carbocycles. The summed E-state index contributed by atoms with van der Waals surface area (Å²) in [5.41, 5.74) is 2.61. The van der Waals surface area contributed by atoms with Crippen LogP contribution in [0.25, 0.3) is 10.9 Å². The van der Waals surface area contributed by atoms with Crippen LogP contribution in [-0.4, -0.2) is 30.8 Å². The number of methoxy groups -OCH3 is 1. The van der Waals surface area contributed by atoms with E-state index < -0.39 is 16.0 Å². The molecule has 7 nitrogen and oxygen atoms in total. The lowest BCUT2D eigenvalue weighted by Gasteiger charge is -2.23. The van der Waals surface area contributed by atoms with Crippen LogP contribution >= 0.6 is 11.3 Å². The maximum atomic E-state index is 13.8. The second-order valence-electron chi connectivity index (χ2n) is 8.01. The molecule has 4 rings (SSSR count). The van der Waals surface area contributed by atoms with Crippen LogP contribution in [0.15, 0.2) is 69.7 Å². The molecule has 0 unspecified atom stereocenters. The van der Waals surface area contributed by atoms with Gasteiger partial charge >= 0.3 is 5.97 Å². The van der Waals surface area contributed by atoms with Crippen LogP contribution in [0.5, 0.6) is 0 Å². The van der Waals surface area contributed by atoms with Crippen molar-refractivity contribution in [2.45, 2.75) is 31.8 Å². The second kappa shape index (κ2) is 9.54. The number of aromatic amines is 1. The number of nitrogens with zero attached hydrogens (tertiary/aromatic N) is 1. The zero-order valence-electron chi connectivity index (χ0n) is 19.0. The predicted octanol–water partition coefficient (Wildman–Crippen LogP) is 4.38. The summed E-state index contributed by atoms with van der Waals surface area (Å²) in [5.74, 6) is -0.746. The molecule has 0 atom stereocenters. The topological polar surface area (TPSA) is 96.5 Å². The number of pyridine rings is 1. The average molecular weight is 497 g/mol. The molecule has 0 radical (unpaired) electrons. The molecule has 0 spiro atoms. The first kappa shape index (κ1) is 23.9. The molecule has 2 aromatic heterocycles. The van der Waals surface area contributed by atoms with Gasteiger partial charge in [-0.1, -0.05) is 29.8 Å². The van der Waals surface area contributed by atoms with Gasteiger partial charge in [0, 0.05) is 23.5 Å². The number of carbonyl (C=O) groups excluding carboxylic acids is 1. The molecule has 0 saturated carbocycles. The van der Waals surface area contributed by atoms with Crippen molar-refractivity contribution in [2.24, 2.45) is 0 Å². The van der Waals surface area contributed by atoms with E-state index in [1.165, 1.54) is 34.9 Å². The number of aromatic nitrogens is 1. The van der Waals surface area contributed by atoms with Crippen molar-refractivity contribution < 1.29 is 17.9 Å². The predicted molar refractivity (Wildman–Crippen MR) is 133 cm³/mol. The Balaban J connectivity index is 1.83. The number of carbonyl (C=O) groups is 1. The van der Waals surface area contributed by atoms with Gasteiger partial charge in [0.1, 0.15) is 0 Å². The van der Waals surface area contributed by atoms with Crippen LogP contribution in [0, 0.1) is 13.8 Å². The number of H-pyrrole nitrogens is 1. The third-order valence-electron chi connectivity index (χ3n) is 5.54. The van der Waals surface area contributed by atoms with Gasteiger partial charge in [-0.3, -0.25) is 4.79 Å². The first-order chi connectivity index (χ1) is 16.2. The van der Waals surface area contributed by atoms with Crippen LogP contribution in [0.1, 0.15) is 31.9 Å². The van der Waals surface area contributed by atoms with Crippen molar-refractivity contribution in [1.29, 1.82) is 0 Å². The van der Waals surface area contributed by atoms with Gasteiger partial charge in [-0.05, 0) is 60.5 Å². The van der Waals surface area contributed by atoms with Crippen LogP contribution in [-0.2, 0) is 27.8 Å². The van der Waals surface area contributed by atoms with Crippen LogP contribution in [0.3, 0.4) is 0 Å². The third kappa shape index (κ3) is 4.68. The van der Waals surface area contributed by atoms with E-state index in [4.69, 9.17) is 4.74 Å². The highest BCUT2D eigenvalue weighted by molar-refractivity contribution is 7.89. The lowest BCUT2D eigenvalue weighted by atomic mass is 10.1. The summed E-state index contributed by atoms with van der Waals surface area (Å²) < 4.78 is 33.6. The van der Waals surface area contributed by atoms with Gasteiger partial charge in [0.2, 0.25) is 10.0 Å². The van der Waals surface area contributed by atoms with Crippen LogP contribution < -0.4 is 5.56 Å². The van der Waals surface area contributed by atoms with Gasteiger partial charge in [-0.15, -0.1) is 11.3 Å². The molecule has 34 heavy (non-hydrogen) atoms. The largest absolute Gasteiger partial charge is 0.465 e. The Morgan fingerprint density at radius 3 is 2.53 bits per heavy atom. The number of sulfonamides is 1. The molecule has 4 aromatic rings. The zero-order valence-corrected chi connectivity index (χ0v) is 20.6. The SMILES string of the molecule is COC(=O)c1ccccc1S(=O)(=O)N(Cc1cccs1)Cc1cc2cc(C)cc(C)c2[nH]c1=O. The summed E-state index contributed by atoms with van der Waals surface area (Å²) in [6.45, 7) is 3.78. The Bertz CT molecular complexity index is 1520. The number of fused-ring (bicyclic) bond motifs is 1. The number of esters is 1. The number of hydrogen-bond donors (Lipinski definition) is 1. The fourth-order valence-electron chi connectivity index (χ4n) is 3.95. The summed E-state index contributed by atoms with van der Waals surface area (Å²) in [6, 6.07) is 15.2. The summed E-state index contributed by atoms with van der Waals surface area (Å²) in [6.07, 6.45) is 0. The lowest BCUT2D eigenvalue weighted by molar-refractivity contribution is 0.0596. The molecule has 0 bridgehead atoms. The molecule has 0 aliphatic rings. The maximum absolute atomic E-state index is 13.8. The van der Waals surface area contributed by atoms with E-state index >= 15 is 0 Å².